The number of halogens is 2. The summed E-state index contributed by atoms with van der Waals surface area (Å²) in [7, 11) is 0. The lowest BCUT2D eigenvalue weighted by Crippen LogP contribution is -2.31. The van der Waals surface area contributed by atoms with Crippen LogP contribution >= 0.6 is 23.2 Å². The van der Waals surface area contributed by atoms with Crippen LogP contribution in [0.3, 0.4) is 0 Å². The van der Waals surface area contributed by atoms with Gasteiger partial charge in [0.2, 0.25) is 0 Å². The number of benzene rings is 2. The molecule has 24 heavy (non-hydrogen) atoms. The number of hydrogen-bond donors (Lipinski definition) is 5. The van der Waals surface area contributed by atoms with E-state index in [1.54, 1.807) is 47.9 Å². The SMILES string of the molecule is CC(NC(=O)Nc1cc(Cl)ccc1Cl)c1ccc(C(O)NO)cc1. The predicted octanol–water partition coefficient (Wildman–Crippen LogP) is 3.85. The summed E-state index contributed by atoms with van der Waals surface area (Å²) in [6.45, 7) is 1.81. The first-order valence-corrected chi connectivity index (χ1v) is 7.86. The van der Waals surface area contributed by atoms with Gasteiger partial charge in [-0.25, -0.2) is 4.79 Å². The van der Waals surface area contributed by atoms with E-state index in [0.717, 1.165) is 5.56 Å². The van der Waals surface area contributed by atoms with Crippen molar-refractivity contribution in [3.63, 3.8) is 0 Å². The summed E-state index contributed by atoms with van der Waals surface area (Å²) in [5.74, 6) is 0. The molecule has 2 aromatic carbocycles. The molecule has 0 aliphatic carbocycles. The van der Waals surface area contributed by atoms with E-state index in [-0.39, 0.29) is 6.04 Å². The number of aliphatic hydroxyl groups excluding tert-OH is 1. The molecule has 6 nitrogen and oxygen atoms in total. The molecule has 0 aromatic heterocycles. The number of nitrogens with one attached hydrogen (secondary N) is 3. The van der Waals surface area contributed by atoms with Crippen molar-refractivity contribution in [1.29, 1.82) is 0 Å². The molecule has 2 unspecified atom stereocenters. The van der Waals surface area contributed by atoms with Crippen LogP contribution in [0.5, 0.6) is 0 Å². The average Bonchev–Trinajstić information content (AvgIpc) is 2.57. The Morgan fingerprint density at radius 2 is 1.71 bits per heavy atom. The molecule has 0 aliphatic heterocycles. The third-order valence-corrected chi connectivity index (χ3v) is 3.96. The van der Waals surface area contributed by atoms with Crippen LogP contribution in [-0.4, -0.2) is 16.3 Å². The molecule has 0 spiro atoms. The zero-order valence-electron chi connectivity index (χ0n) is 12.8. The van der Waals surface area contributed by atoms with Crippen LogP contribution in [0.15, 0.2) is 42.5 Å². The van der Waals surface area contributed by atoms with Crippen LogP contribution in [0.4, 0.5) is 10.5 Å². The monoisotopic (exact) mass is 369 g/mol. The average molecular weight is 370 g/mol. The van der Waals surface area contributed by atoms with Crippen molar-refractivity contribution in [3.8, 4) is 0 Å². The minimum Gasteiger partial charge on any atom is -0.372 e. The quantitative estimate of drug-likeness (QED) is 0.408. The van der Waals surface area contributed by atoms with Gasteiger partial charge in [-0.1, -0.05) is 47.5 Å². The first-order valence-electron chi connectivity index (χ1n) is 7.11. The Hall–Kier alpha value is -1.83. The number of hydrogen-bond acceptors (Lipinski definition) is 4. The molecule has 0 saturated heterocycles. The Bertz CT molecular complexity index is 710. The van der Waals surface area contributed by atoms with Crippen molar-refractivity contribution in [2.75, 3.05) is 5.32 Å². The van der Waals surface area contributed by atoms with Gasteiger partial charge in [-0.2, -0.15) is 5.48 Å². The molecule has 8 heteroatoms. The number of carbonyl (C=O) groups excluding carboxylic acids is 1. The number of anilines is 1. The molecule has 2 aromatic rings. The van der Waals surface area contributed by atoms with E-state index < -0.39 is 12.3 Å². The molecule has 0 aliphatic rings. The van der Waals surface area contributed by atoms with Crippen LogP contribution in [0.25, 0.3) is 0 Å². The maximum Gasteiger partial charge on any atom is 0.319 e. The molecular formula is C16H17Cl2N3O3. The van der Waals surface area contributed by atoms with E-state index in [9.17, 15) is 9.90 Å². The Labute approximate surface area is 149 Å². The van der Waals surface area contributed by atoms with Crippen molar-refractivity contribution >= 4 is 34.9 Å². The van der Waals surface area contributed by atoms with Crippen LogP contribution < -0.4 is 16.1 Å². The third-order valence-electron chi connectivity index (χ3n) is 3.40. The maximum absolute atomic E-state index is 12.1. The lowest BCUT2D eigenvalue weighted by molar-refractivity contribution is 0.000689. The van der Waals surface area contributed by atoms with Gasteiger partial charge in [-0.3, -0.25) is 0 Å². The molecule has 0 fully saturated rings. The smallest absolute Gasteiger partial charge is 0.319 e. The second-order valence-corrected chi connectivity index (χ2v) is 5.99. The number of rotatable bonds is 5. The highest BCUT2D eigenvalue weighted by molar-refractivity contribution is 6.35. The normalized spacial score (nSPS) is 13.2. The zero-order valence-corrected chi connectivity index (χ0v) is 14.3. The Kier molecular flexibility index (Phi) is 6.42. The largest absolute Gasteiger partial charge is 0.372 e. The van der Waals surface area contributed by atoms with Crippen LogP contribution in [0, 0.1) is 0 Å². The van der Waals surface area contributed by atoms with E-state index in [2.05, 4.69) is 10.6 Å². The van der Waals surface area contributed by atoms with Crippen molar-refractivity contribution in [2.45, 2.75) is 19.2 Å². The van der Waals surface area contributed by atoms with Gasteiger partial charge < -0.3 is 20.9 Å². The fourth-order valence-corrected chi connectivity index (χ4v) is 2.41. The molecule has 5 N–H and O–H groups in total. The minimum absolute atomic E-state index is 0.281. The summed E-state index contributed by atoms with van der Waals surface area (Å²) < 4.78 is 0. The minimum atomic E-state index is -1.16. The van der Waals surface area contributed by atoms with Crippen molar-refractivity contribution in [1.82, 2.24) is 10.8 Å². The molecule has 2 amide bonds. The highest BCUT2D eigenvalue weighted by Gasteiger charge is 2.12. The second-order valence-electron chi connectivity index (χ2n) is 5.14. The van der Waals surface area contributed by atoms with E-state index in [1.807, 2.05) is 6.92 Å². The summed E-state index contributed by atoms with van der Waals surface area (Å²) in [4.78, 5) is 12.1. The lowest BCUT2D eigenvalue weighted by Gasteiger charge is -2.17. The van der Waals surface area contributed by atoms with Crippen LogP contribution in [0.2, 0.25) is 10.0 Å². The molecular weight excluding hydrogens is 353 g/mol. The van der Waals surface area contributed by atoms with E-state index >= 15 is 0 Å². The molecule has 0 radical (unpaired) electrons. The molecule has 0 saturated carbocycles. The Morgan fingerprint density at radius 3 is 2.33 bits per heavy atom. The van der Waals surface area contributed by atoms with Gasteiger partial charge in [-0.05, 0) is 36.2 Å². The Balaban J connectivity index is 1.99. The summed E-state index contributed by atoms with van der Waals surface area (Å²) in [5.41, 5.74) is 3.50. The van der Waals surface area contributed by atoms with Gasteiger partial charge >= 0.3 is 6.03 Å². The van der Waals surface area contributed by atoms with Gasteiger partial charge in [0.25, 0.3) is 0 Å². The van der Waals surface area contributed by atoms with Crippen LogP contribution in [-0.2, 0) is 0 Å². The fourth-order valence-electron chi connectivity index (χ4n) is 2.07. The number of urea groups is 1. The first kappa shape index (κ1) is 18.5. The molecule has 2 atom stereocenters. The van der Waals surface area contributed by atoms with Crippen molar-refractivity contribution in [2.24, 2.45) is 0 Å². The Morgan fingerprint density at radius 1 is 1.08 bits per heavy atom. The second kappa shape index (κ2) is 8.32. The fraction of sp³-hybridized carbons (Fsp3) is 0.188. The summed E-state index contributed by atoms with van der Waals surface area (Å²) in [6, 6.07) is 10.9. The highest BCUT2D eigenvalue weighted by Crippen LogP contribution is 2.25. The first-order chi connectivity index (χ1) is 11.4. The molecule has 2 rings (SSSR count). The predicted molar refractivity (Wildman–Crippen MR) is 93.4 cm³/mol. The topological polar surface area (TPSA) is 93.6 Å². The molecule has 0 heterocycles. The van der Waals surface area contributed by atoms with E-state index in [1.165, 1.54) is 0 Å². The standard InChI is InChI=1S/C16H17Cl2N3O3/c1-9(10-2-4-11(5-3-10)15(22)21-24)19-16(23)20-14-8-12(17)6-7-13(14)18/h2-9,15,21-22,24H,1H3,(H2,19,20,23). The third kappa shape index (κ3) is 4.83. The molecule has 0 bridgehead atoms. The number of carbonyl (C=O) groups is 1. The van der Waals surface area contributed by atoms with E-state index in [0.29, 0.717) is 21.3 Å². The number of amides is 2. The summed E-state index contributed by atoms with van der Waals surface area (Å²) in [5, 5.41) is 24.4. The molecule has 128 valence electrons. The van der Waals surface area contributed by atoms with Gasteiger partial charge in [-0.15, -0.1) is 0 Å². The van der Waals surface area contributed by atoms with Gasteiger partial charge in [0, 0.05) is 5.02 Å². The lowest BCUT2D eigenvalue weighted by atomic mass is 10.1. The zero-order chi connectivity index (χ0) is 17.7. The van der Waals surface area contributed by atoms with Gasteiger partial charge in [0.15, 0.2) is 6.23 Å². The maximum atomic E-state index is 12.1. The van der Waals surface area contributed by atoms with Crippen molar-refractivity contribution < 1.29 is 15.1 Å². The van der Waals surface area contributed by atoms with Gasteiger partial charge in [0.05, 0.1) is 16.8 Å². The summed E-state index contributed by atoms with van der Waals surface area (Å²) in [6.07, 6.45) is -1.16. The van der Waals surface area contributed by atoms with Gasteiger partial charge in [0.1, 0.15) is 0 Å². The number of aliphatic hydroxyl groups is 1. The van der Waals surface area contributed by atoms with Crippen molar-refractivity contribution in [3.05, 3.63) is 63.6 Å². The number of hydroxylamine groups is 1. The highest BCUT2D eigenvalue weighted by atomic mass is 35.5. The summed E-state index contributed by atoms with van der Waals surface area (Å²) >= 11 is 11.9. The van der Waals surface area contributed by atoms with E-state index in [4.69, 9.17) is 28.4 Å². The van der Waals surface area contributed by atoms with Crippen LogP contribution in [0.1, 0.15) is 30.3 Å².